The Morgan fingerprint density at radius 3 is 2.86 bits per heavy atom. The second-order valence-corrected chi connectivity index (χ2v) is 8.76. The summed E-state index contributed by atoms with van der Waals surface area (Å²) in [7, 11) is 2.18. The quantitative estimate of drug-likeness (QED) is 0.591. The number of aromatic amines is 1. The molecule has 1 N–H and O–H groups in total. The Bertz CT molecular complexity index is 923. The van der Waals surface area contributed by atoms with Gasteiger partial charge in [-0.05, 0) is 31.5 Å². The Morgan fingerprint density at radius 2 is 2.00 bits per heavy atom. The van der Waals surface area contributed by atoms with E-state index in [2.05, 4.69) is 51.2 Å². The van der Waals surface area contributed by atoms with E-state index in [1.54, 1.807) is 17.5 Å². The lowest BCUT2D eigenvalue weighted by molar-refractivity contribution is 0.0984. The predicted octanol–water partition coefficient (Wildman–Crippen LogP) is 3.62. The molecule has 0 spiro atoms. The van der Waals surface area contributed by atoms with E-state index >= 15 is 0 Å². The summed E-state index contributed by atoms with van der Waals surface area (Å²) < 4.78 is 0. The van der Waals surface area contributed by atoms with Crippen molar-refractivity contribution < 1.29 is 4.79 Å². The number of carbonyl (C=O) groups excluding carboxylic acids is 1. The minimum absolute atomic E-state index is 0.225. The van der Waals surface area contributed by atoms with Gasteiger partial charge >= 0.3 is 0 Å². The molecule has 148 valence electrons. The zero-order valence-corrected chi connectivity index (χ0v) is 17.3. The number of piperazine rings is 1. The molecule has 0 radical (unpaired) electrons. The number of aryl methyl sites for hydroxylation is 1. The van der Waals surface area contributed by atoms with Gasteiger partial charge in [0.2, 0.25) is 0 Å². The third-order valence-electron chi connectivity index (χ3n) is 5.59. The molecule has 0 amide bonds. The van der Waals surface area contributed by atoms with Crippen molar-refractivity contribution in [1.29, 1.82) is 0 Å². The third kappa shape index (κ3) is 4.69. The second kappa shape index (κ2) is 8.99. The van der Waals surface area contributed by atoms with Crippen LogP contribution in [0.25, 0.3) is 10.9 Å². The summed E-state index contributed by atoms with van der Waals surface area (Å²) in [4.78, 5) is 26.0. The Kier molecular flexibility index (Phi) is 6.20. The molecule has 2 aromatic heterocycles. The smallest absolute Gasteiger partial charge is 0.174 e. The summed E-state index contributed by atoms with van der Waals surface area (Å²) in [5, 5.41) is 2.35. The average Bonchev–Trinajstić information content (AvgIpc) is 3.35. The number of hydrogen-bond acceptors (Lipinski definition) is 5. The first-order valence-corrected chi connectivity index (χ1v) is 10.9. The van der Waals surface area contributed by atoms with E-state index in [1.165, 1.54) is 10.9 Å². The second-order valence-electron chi connectivity index (χ2n) is 7.65. The number of thiazole rings is 1. The van der Waals surface area contributed by atoms with Gasteiger partial charge in [-0.1, -0.05) is 18.2 Å². The molecule has 28 heavy (non-hydrogen) atoms. The van der Waals surface area contributed by atoms with Gasteiger partial charge in [0.25, 0.3) is 0 Å². The van der Waals surface area contributed by atoms with Gasteiger partial charge in [0, 0.05) is 68.9 Å². The number of benzene rings is 1. The minimum Gasteiger partial charge on any atom is -0.361 e. The standard InChI is InChI=1S/C22H28N4OS/c1-25-11-13-26(14-12-25)10-9-22-24-16-21(28-22)20(27)8-4-5-17-15-23-19-7-3-2-6-18(17)19/h2-3,6-7,15-16,23H,4-5,8-14H2,1H3. The molecule has 1 aromatic carbocycles. The van der Waals surface area contributed by atoms with Gasteiger partial charge in [-0.25, -0.2) is 4.98 Å². The van der Waals surface area contributed by atoms with Gasteiger partial charge in [0.05, 0.1) is 9.88 Å². The maximum Gasteiger partial charge on any atom is 0.174 e. The van der Waals surface area contributed by atoms with E-state index in [0.717, 1.165) is 67.4 Å². The van der Waals surface area contributed by atoms with Crippen LogP contribution in [0.2, 0.25) is 0 Å². The average molecular weight is 397 g/mol. The SMILES string of the molecule is CN1CCN(CCc2ncc(C(=O)CCCc3c[nH]c4ccccc34)s2)CC1. The van der Waals surface area contributed by atoms with Gasteiger partial charge in [0.1, 0.15) is 0 Å². The molecule has 1 aliphatic rings. The number of H-pyrrole nitrogens is 1. The summed E-state index contributed by atoms with van der Waals surface area (Å²) in [5.74, 6) is 0.225. The van der Waals surface area contributed by atoms with Gasteiger partial charge in [-0.2, -0.15) is 0 Å². The highest BCUT2D eigenvalue weighted by Gasteiger charge is 2.15. The Labute approximate surface area is 170 Å². The monoisotopic (exact) mass is 396 g/mol. The first-order chi connectivity index (χ1) is 13.7. The molecule has 0 unspecified atom stereocenters. The number of para-hydroxylation sites is 1. The van der Waals surface area contributed by atoms with Crippen LogP contribution in [0.5, 0.6) is 0 Å². The van der Waals surface area contributed by atoms with Crippen molar-refractivity contribution in [2.24, 2.45) is 0 Å². The van der Waals surface area contributed by atoms with E-state index in [-0.39, 0.29) is 5.78 Å². The fraction of sp³-hybridized carbons (Fsp3) is 0.455. The van der Waals surface area contributed by atoms with E-state index in [9.17, 15) is 4.79 Å². The minimum atomic E-state index is 0.225. The predicted molar refractivity (Wildman–Crippen MR) is 115 cm³/mol. The lowest BCUT2D eigenvalue weighted by atomic mass is 10.1. The zero-order chi connectivity index (χ0) is 19.3. The van der Waals surface area contributed by atoms with Crippen molar-refractivity contribution in [2.75, 3.05) is 39.8 Å². The van der Waals surface area contributed by atoms with E-state index in [4.69, 9.17) is 0 Å². The summed E-state index contributed by atoms with van der Waals surface area (Å²) in [6.07, 6.45) is 7.16. The van der Waals surface area contributed by atoms with Crippen molar-refractivity contribution in [3.8, 4) is 0 Å². The number of aromatic nitrogens is 2. The van der Waals surface area contributed by atoms with Crippen molar-refractivity contribution in [2.45, 2.75) is 25.7 Å². The molecule has 0 aliphatic carbocycles. The van der Waals surface area contributed by atoms with Crippen LogP contribution in [0.1, 0.15) is 33.1 Å². The molecule has 0 atom stereocenters. The number of likely N-dealkylation sites (N-methyl/N-ethyl adjacent to an activating group) is 1. The molecule has 3 heterocycles. The van der Waals surface area contributed by atoms with Crippen molar-refractivity contribution in [3.63, 3.8) is 0 Å². The first-order valence-electron chi connectivity index (χ1n) is 10.1. The number of fused-ring (bicyclic) bond motifs is 1. The van der Waals surface area contributed by atoms with E-state index in [1.807, 2.05) is 6.07 Å². The number of nitrogens with zero attached hydrogens (tertiary/aromatic N) is 3. The lowest BCUT2D eigenvalue weighted by Gasteiger charge is -2.32. The van der Waals surface area contributed by atoms with Crippen LogP contribution in [0.15, 0.2) is 36.7 Å². The van der Waals surface area contributed by atoms with Crippen molar-refractivity contribution >= 4 is 28.0 Å². The fourth-order valence-electron chi connectivity index (χ4n) is 3.78. The van der Waals surface area contributed by atoms with E-state index < -0.39 is 0 Å². The molecular weight excluding hydrogens is 368 g/mol. The van der Waals surface area contributed by atoms with Gasteiger partial charge < -0.3 is 14.8 Å². The Hall–Kier alpha value is -2.02. The van der Waals surface area contributed by atoms with Crippen LogP contribution >= 0.6 is 11.3 Å². The molecule has 0 bridgehead atoms. The largest absolute Gasteiger partial charge is 0.361 e. The Morgan fingerprint density at radius 1 is 1.18 bits per heavy atom. The zero-order valence-electron chi connectivity index (χ0n) is 16.5. The number of nitrogens with one attached hydrogen (secondary N) is 1. The summed E-state index contributed by atoms with van der Waals surface area (Å²) >= 11 is 1.58. The van der Waals surface area contributed by atoms with Gasteiger partial charge in [-0.3, -0.25) is 4.79 Å². The number of carbonyl (C=O) groups is 1. The van der Waals surface area contributed by atoms with Crippen LogP contribution in [-0.2, 0) is 12.8 Å². The van der Waals surface area contributed by atoms with E-state index in [0.29, 0.717) is 6.42 Å². The maximum atomic E-state index is 12.5. The molecule has 4 rings (SSSR count). The van der Waals surface area contributed by atoms with Crippen LogP contribution in [0.4, 0.5) is 0 Å². The number of ketones is 1. The van der Waals surface area contributed by atoms with Crippen LogP contribution in [0.3, 0.4) is 0 Å². The summed E-state index contributed by atoms with van der Waals surface area (Å²) in [6, 6.07) is 8.33. The van der Waals surface area contributed by atoms with Gasteiger partial charge in [-0.15, -0.1) is 11.3 Å². The molecular formula is C22H28N4OS. The first kappa shape index (κ1) is 19.3. The molecule has 1 saturated heterocycles. The molecule has 1 aliphatic heterocycles. The number of rotatable bonds is 8. The normalized spacial score (nSPS) is 16.0. The highest BCUT2D eigenvalue weighted by Crippen LogP contribution is 2.21. The molecule has 6 heteroatoms. The Balaban J connectivity index is 1.24. The van der Waals surface area contributed by atoms with Crippen LogP contribution in [-0.4, -0.2) is 65.3 Å². The molecule has 3 aromatic rings. The number of Topliss-reactive ketones (excluding diaryl/α,β-unsaturated/α-hetero) is 1. The molecule has 0 saturated carbocycles. The summed E-state index contributed by atoms with van der Waals surface area (Å²) in [5.41, 5.74) is 2.46. The van der Waals surface area contributed by atoms with Crippen LogP contribution in [0, 0.1) is 0 Å². The van der Waals surface area contributed by atoms with Crippen LogP contribution < -0.4 is 0 Å². The lowest BCUT2D eigenvalue weighted by Crippen LogP contribution is -2.45. The number of hydrogen-bond donors (Lipinski definition) is 1. The maximum absolute atomic E-state index is 12.5. The highest BCUT2D eigenvalue weighted by atomic mass is 32.1. The van der Waals surface area contributed by atoms with Crippen molar-refractivity contribution in [1.82, 2.24) is 19.8 Å². The third-order valence-corrected chi connectivity index (χ3v) is 6.69. The highest BCUT2D eigenvalue weighted by molar-refractivity contribution is 7.13. The summed E-state index contributed by atoms with van der Waals surface area (Å²) in [6.45, 7) is 5.56. The van der Waals surface area contributed by atoms with Crippen molar-refractivity contribution in [3.05, 3.63) is 52.1 Å². The molecule has 5 nitrogen and oxygen atoms in total. The topological polar surface area (TPSA) is 52.2 Å². The fourth-order valence-corrected chi connectivity index (χ4v) is 4.65. The molecule has 1 fully saturated rings. The van der Waals surface area contributed by atoms with Gasteiger partial charge in [0.15, 0.2) is 5.78 Å².